The van der Waals surface area contributed by atoms with E-state index in [1.165, 1.54) is 34.5 Å². The third-order valence-electron chi connectivity index (χ3n) is 4.02. The highest BCUT2D eigenvalue weighted by Crippen LogP contribution is 2.18. The fourth-order valence-corrected chi connectivity index (χ4v) is 2.50. The van der Waals surface area contributed by atoms with E-state index in [4.69, 9.17) is 5.26 Å². The van der Waals surface area contributed by atoms with E-state index in [9.17, 15) is 14.0 Å². The van der Waals surface area contributed by atoms with E-state index in [1.807, 2.05) is 6.07 Å². The summed E-state index contributed by atoms with van der Waals surface area (Å²) in [6.07, 6.45) is 1.58. The average molecular weight is 354 g/mol. The molecule has 0 radical (unpaired) electrons. The van der Waals surface area contributed by atoms with Crippen LogP contribution in [0.4, 0.5) is 10.2 Å². The first-order valence-corrected chi connectivity index (χ1v) is 7.67. The van der Waals surface area contributed by atoms with Crippen molar-refractivity contribution >= 4 is 5.82 Å². The van der Waals surface area contributed by atoms with E-state index in [0.717, 1.165) is 4.57 Å². The van der Waals surface area contributed by atoms with E-state index >= 15 is 0 Å². The normalized spacial score (nSPS) is 10.5. The van der Waals surface area contributed by atoms with Crippen molar-refractivity contribution in [2.24, 2.45) is 14.1 Å². The van der Waals surface area contributed by atoms with Gasteiger partial charge in [-0.15, -0.1) is 0 Å². The fraction of sp³-hybridized carbons (Fsp3) is 0.176. The van der Waals surface area contributed by atoms with Crippen molar-refractivity contribution in [2.45, 2.75) is 6.54 Å². The predicted octanol–water partition coefficient (Wildman–Crippen LogP) is 0.893. The van der Waals surface area contributed by atoms with Crippen LogP contribution in [0.15, 0.2) is 46.1 Å². The summed E-state index contributed by atoms with van der Waals surface area (Å²) in [6, 6.07) is 9.13. The number of halogens is 1. The number of anilines is 1. The molecule has 0 fully saturated rings. The van der Waals surface area contributed by atoms with Gasteiger partial charge < -0.3 is 5.32 Å². The second kappa shape index (κ2) is 6.68. The molecule has 0 atom stereocenters. The lowest BCUT2D eigenvalue weighted by atomic mass is 10.2. The Bertz CT molecular complexity index is 1140. The topological polar surface area (TPSA) is 97.6 Å². The lowest BCUT2D eigenvalue weighted by molar-refractivity contribution is 0.621. The van der Waals surface area contributed by atoms with Gasteiger partial charge in [-0.3, -0.25) is 13.9 Å². The van der Waals surface area contributed by atoms with Crippen molar-refractivity contribution in [1.29, 1.82) is 5.26 Å². The minimum Gasteiger partial charge on any atom is -0.363 e. The van der Waals surface area contributed by atoms with Crippen molar-refractivity contribution < 1.29 is 4.39 Å². The van der Waals surface area contributed by atoms with Crippen LogP contribution in [-0.4, -0.2) is 18.9 Å². The van der Waals surface area contributed by atoms with Crippen molar-refractivity contribution in [1.82, 2.24) is 18.9 Å². The van der Waals surface area contributed by atoms with E-state index in [1.54, 1.807) is 25.4 Å². The van der Waals surface area contributed by atoms with Gasteiger partial charge in [0.05, 0.1) is 12.2 Å². The lowest BCUT2D eigenvalue weighted by Gasteiger charge is -2.10. The number of nitriles is 1. The molecule has 132 valence electrons. The molecule has 3 aromatic rings. The Morgan fingerprint density at radius 1 is 1.23 bits per heavy atom. The predicted molar refractivity (Wildman–Crippen MR) is 92.5 cm³/mol. The van der Waals surface area contributed by atoms with Crippen LogP contribution in [0.3, 0.4) is 0 Å². The van der Waals surface area contributed by atoms with Crippen LogP contribution in [0.2, 0.25) is 0 Å². The van der Waals surface area contributed by atoms with Crippen LogP contribution in [0.5, 0.6) is 0 Å². The number of nitrogens with zero attached hydrogens (tertiary/aromatic N) is 5. The molecule has 2 heterocycles. The Morgan fingerprint density at radius 2 is 2.00 bits per heavy atom. The number of hydrogen-bond donors (Lipinski definition) is 1. The zero-order valence-electron chi connectivity index (χ0n) is 14.1. The Labute approximate surface area is 147 Å². The van der Waals surface area contributed by atoms with Crippen molar-refractivity contribution in [3.05, 3.63) is 74.4 Å². The lowest BCUT2D eigenvalue weighted by Crippen LogP contribution is -2.38. The summed E-state index contributed by atoms with van der Waals surface area (Å²) in [7, 11) is 2.98. The SMILES string of the molecule is Cn1c(CNc2ccn(-c3cccc(F)c3C#N)n2)cc(=O)n(C)c1=O. The molecule has 0 saturated heterocycles. The zero-order chi connectivity index (χ0) is 18.8. The number of rotatable bonds is 4. The van der Waals surface area contributed by atoms with Crippen LogP contribution >= 0.6 is 0 Å². The van der Waals surface area contributed by atoms with Gasteiger partial charge in [0.2, 0.25) is 0 Å². The molecule has 1 aromatic carbocycles. The van der Waals surface area contributed by atoms with Crippen LogP contribution < -0.4 is 16.6 Å². The molecular weight excluding hydrogens is 339 g/mol. The second-order valence-corrected chi connectivity index (χ2v) is 5.62. The molecule has 8 nitrogen and oxygen atoms in total. The molecule has 2 aromatic heterocycles. The molecule has 3 rings (SSSR count). The Balaban J connectivity index is 1.85. The first kappa shape index (κ1) is 17.2. The molecule has 0 aliphatic heterocycles. The molecule has 0 unspecified atom stereocenters. The summed E-state index contributed by atoms with van der Waals surface area (Å²) >= 11 is 0. The third kappa shape index (κ3) is 3.00. The van der Waals surface area contributed by atoms with Crippen LogP contribution in [0.1, 0.15) is 11.3 Å². The number of hydrogen-bond acceptors (Lipinski definition) is 5. The quantitative estimate of drug-likeness (QED) is 0.750. The monoisotopic (exact) mass is 354 g/mol. The van der Waals surface area contributed by atoms with Gasteiger partial charge in [-0.05, 0) is 12.1 Å². The van der Waals surface area contributed by atoms with Gasteiger partial charge in [-0.1, -0.05) is 6.07 Å². The molecule has 0 amide bonds. The summed E-state index contributed by atoms with van der Waals surface area (Å²) in [4.78, 5) is 23.7. The molecule has 1 N–H and O–H groups in total. The molecule has 0 aliphatic carbocycles. The summed E-state index contributed by atoms with van der Waals surface area (Å²) < 4.78 is 17.5. The van der Waals surface area contributed by atoms with E-state index in [-0.39, 0.29) is 12.1 Å². The smallest absolute Gasteiger partial charge is 0.330 e. The molecule has 9 heteroatoms. The minimum atomic E-state index is -0.620. The number of nitrogens with one attached hydrogen (secondary N) is 1. The minimum absolute atomic E-state index is 0.101. The average Bonchev–Trinajstić information content (AvgIpc) is 3.10. The number of benzene rings is 1. The van der Waals surface area contributed by atoms with Gasteiger partial charge in [-0.2, -0.15) is 10.4 Å². The van der Waals surface area contributed by atoms with E-state index in [0.29, 0.717) is 17.2 Å². The van der Waals surface area contributed by atoms with Gasteiger partial charge in [0.25, 0.3) is 5.56 Å². The van der Waals surface area contributed by atoms with Gasteiger partial charge >= 0.3 is 5.69 Å². The maximum absolute atomic E-state index is 13.7. The molecule has 0 bridgehead atoms. The van der Waals surface area contributed by atoms with Crippen molar-refractivity contribution in [2.75, 3.05) is 5.32 Å². The van der Waals surface area contributed by atoms with Crippen molar-refractivity contribution in [3.8, 4) is 11.8 Å². The van der Waals surface area contributed by atoms with Crippen LogP contribution in [0.25, 0.3) is 5.69 Å². The van der Waals surface area contributed by atoms with Gasteiger partial charge in [0.1, 0.15) is 23.3 Å². The zero-order valence-corrected chi connectivity index (χ0v) is 14.1. The Hall–Kier alpha value is -3.67. The van der Waals surface area contributed by atoms with Crippen molar-refractivity contribution in [3.63, 3.8) is 0 Å². The molecule has 0 aliphatic rings. The van der Waals surface area contributed by atoms with Gasteiger partial charge in [0, 0.05) is 38.1 Å². The summed E-state index contributed by atoms with van der Waals surface area (Å²) in [6.45, 7) is 0.201. The first-order valence-electron chi connectivity index (χ1n) is 7.67. The van der Waals surface area contributed by atoms with Crippen LogP contribution in [0, 0.1) is 17.1 Å². The maximum Gasteiger partial charge on any atom is 0.330 e. The standard InChI is InChI=1S/C17H15FN6O2/c1-22-11(8-16(25)23(2)17(22)26)10-20-15-6-7-24(21-15)14-5-3-4-13(18)12(14)9-19/h3-8H,10H2,1-2H3,(H,20,21). The Kier molecular flexibility index (Phi) is 4.41. The molecular formula is C17H15FN6O2. The van der Waals surface area contributed by atoms with Gasteiger partial charge in [0.15, 0.2) is 0 Å². The highest BCUT2D eigenvalue weighted by atomic mass is 19.1. The fourth-order valence-electron chi connectivity index (χ4n) is 2.50. The van der Waals surface area contributed by atoms with E-state index in [2.05, 4.69) is 10.4 Å². The number of aromatic nitrogens is 4. The summed E-state index contributed by atoms with van der Waals surface area (Å²) in [5.74, 6) is -0.170. The molecule has 0 spiro atoms. The summed E-state index contributed by atoms with van der Waals surface area (Å²) in [5.41, 5.74) is -0.0964. The highest BCUT2D eigenvalue weighted by molar-refractivity contribution is 5.50. The summed E-state index contributed by atoms with van der Waals surface area (Å²) in [5, 5.41) is 16.4. The maximum atomic E-state index is 13.7. The second-order valence-electron chi connectivity index (χ2n) is 5.62. The van der Waals surface area contributed by atoms with Gasteiger partial charge in [-0.25, -0.2) is 13.9 Å². The molecule has 26 heavy (non-hydrogen) atoms. The third-order valence-corrected chi connectivity index (χ3v) is 4.02. The van der Waals surface area contributed by atoms with Crippen LogP contribution in [-0.2, 0) is 20.6 Å². The first-order chi connectivity index (χ1) is 12.4. The highest BCUT2D eigenvalue weighted by Gasteiger charge is 2.11. The molecule has 0 saturated carbocycles. The van der Waals surface area contributed by atoms with E-state index < -0.39 is 17.1 Å². The Morgan fingerprint density at radius 3 is 2.73 bits per heavy atom. The largest absolute Gasteiger partial charge is 0.363 e.